The zero-order valence-electron chi connectivity index (χ0n) is 11.9. The Labute approximate surface area is 121 Å². The first-order valence-electron chi connectivity index (χ1n) is 6.59. The summed E-state index contributed by atoms with van der Waals surface area (Å²) in [5, 5.41) is 3.97. The molecule has 2 N–H and O–H groups in total. The molecule has 0 aliphatic rings. The highest BCUT2D eigenvalue weighted by Gasteiger charge is 2.17. The molecule has 0 aliphatic heterocycles. The van der Waals surface area contributed by atoms with E-state index in [4.69, 9.17) is 10.3 Å². The number of hydrogen-bond acceptors (Lipinski definition) is 7. The summed E-state index contributed by atoms with van der Waals surface area (Å²) in [5.41, 5.74) is 8.32. The molecule has 0 bridgehead atoms. The zero-order valence-corrected chi connectivity index (χ0v) is 11.9. The molecule has 2 heterocycles. The van der Waals surface area contributed by atoms with Crippen LogP contribution in [0.15, 0.2) is 35.1 Å². The molecule has 7 heteroatoms. The Kier molecular flexibility index (Phi) is 3.59. The van der Waals surface area contributed by atoms with Gasteiger partial charge in [-0.25, -0.2) is 0 Å². The van der Waals surface area contributed by atoms with E-state index >= 15 is 0 Å². The minimum atomic E-state index is -0.293. The second-order valence-corrected chi connectivity index (χ2v) is 5.06. The van der Waals surface area contributed by atoms with Crippen LogP contribution in [0.25, 0.3) is 22.5 Å². The molecule has 21 heavy (non-hydrogen) atoms. The lowest BCUT2D eigenvalue weighted by atomic mass is 10.1. The van der Waals surface area contributed by atoms with Crippen molar-refractivity contribution in [1.29, 1.82) is 0 Å². The molecule has 7 nitrogen and oxygen atoms in total. The first-order valence-corrected chi connectivity index (χ1v) is 6.59. The molecular weight excluding hydrogens is 268 g/mol. The standard InChI is InChI=1S/C14H16N6O/c1-20(2)8-10(15)13-18-14(21-19-13)9-4-3-5-11-12(9)17-7-6-16-11/h3-7,10H,8,15H2,1-2H3. The van der Waals surface area contributed by atoms with Crippen LogP contribution in [0.2, 0.25) is 0 Å². The predicted octanol–water partition coefficient (Wildman–Crippen LogP) is 1.24. The van der Waals surface area contributed by atoms with Crippen LogP contribution in [0.3, 0.4) is 0 Å². The first kappa shape index (κ1) is 13.6. The topological polar surface area (TPSA) is 94.0 Å². The largest absolute Gasteiger partial charge is 0.334 e. The number of benzene rings is 1. The zero-order chi connectivity index (χ0) is 14.8. The van der Waals surface area contributed by atoms with Crippen LogP contribution in [-0.4, -0.2) is 45.6 Å². The molecule has 0 radical (unpaired) electrons. The Morgan fingerprint density at radius 1 is 1.24 bits per heavy atom. The summed E-state index contributed by atoms with van der Waals surface area (Å²) < 4.78 is 5.33. The highest BCUT2D eigenvalue weighted by atomic mass is 16.5. The van der Waals surface area contributed by atoms with Crippen LogP contribution in [0, 0.1) is 0 Å². The van der Waals surface area contributed by atoms with Gasteiger partial charge in [-0.05, 0) is 26.2 Å². The van der Waals surface area contributed by atoms with Crippen molar-refractivity contribution in [3.8, 4) is 11.5 Å². The molecule has 1 unspecified atom stereocenters. The van der Waals surface area contributed by atoms with Gasteiger partial charge in [0.25, 0.3) is 5.89 Å². The van der Waals surface area contributed by atoms with E-state index in [-0.39, 0.29) is 6.04 Å². The van der Waals surface area contributed by atoms with Gasteiger partial charge in [-0.3, -0.25) is 9.97 Å². The summed E-state index contributed by atoms with van der Waals surface area (Å²) in [6.07, 6.45) is 3.29. The monoisotopic (exact) mass is 284 g/mol. The van der Waals surface area contributed by atoms with Gasteiger partial charge in [0.1, 0.15) is 5.52 Å². The Morgan fingerprint density at radius 2 is 2.05 bits per heavy atom. The average molecular weight is 284 g/mol. The molecule has 1 aromatic carbocycles. The fourth-order valence-electron chi connectivity index (χ4n) is 2.14. The third-order valence-electron chi connectivity index (χ3n) is 3.06. The van der Waals surface area contributed by atoms with Crippen LogP contribution in [0.5, 0.6) is 0 Å². The van der Waals surface area contributed by atoms with Gasteiger partial charge in [-0.15, -0.1) is 0 Å². The molecule has 0 aliphatic carbocycles. The SMILES string of the molecule is CN(C)CC(N)c1noc(-c2cccc3nccnc23)n1. The van der Waals surface area contributed by atoms with Gasteiger partial charge in [0.05, 0.1) is 17.1 Å². The number of rotatable bonds is 4. The second-order valence-electron chi connectivity index (χ2n) is 5.06. The summed E-state index contributed by atoms with van der Waals surface area (Å²) in [6.45, 7) is 0.647. The van der Waals surface area contributed by atoms with Crippen molar-refractivity contribution in [2.24, 2.45) is 5.73 Å². The van der Waals surface area contributed by atoms with Crippen molar-refractivity contribution in [1.82, 2.24) is 25.0 Å². The summed E-state index contributed by atoms with van der Waals surface area (Å²) >= 11 is 0. The van der Waals surface area contributed by atoms with Crippen molar-refractivity contribution in [3.05, 3.63) is 36.4 Å². The van der Waals surface area contributed by atoms with E-state index in [0.29, 0.717) is 18.3 Å². The summed E-state index contributed by atoms with van der Waals surface area (Å²) in [7, 11) is 3.89. The summed E-state index contributed by atoms with van der Waals surface area (Å²) in [5.74, 6) is 0.893. The molecule has 0 saturated heterocycles. The van der Waals surface area contributed by atoms with E-state index in [2.05, 4.69) is 20.1 Å². The minimum Gasteiger partial charge on any atom is -0.334 e. The Hall–Kier alpha value is -2.38. The van der Waals surface area contributed by atoms with Crippen molar-refractivity contribution < 1.29 is 4.52 Å². The van der Waals surface area contributed by atoms with Crippen LogP contribution < -0.4 is 5.73 Å². The lowest BCUT2D eigenvalue weighted by molar-refractivity contribution is 0.357. The molecule has 0 fully saturated rings. The normalized spacial score (nSPS) is 13.0. The minimum absolute atomic E-state index is 0.293. The van der Waals surface area contributed by atoms with E-state index in [9.17, 15) is 0 Å². The van der Waals surface area contributed by atoms with Crippen molar-refractivity contribution >= 4 is 11.0 Å². The van der Waals surface area contributed by atoms with Gasteiger partial charge in [-0.1, -0.05) is 11.2 Å². The number of para-hydroxylation sites is 1. The molecule has 3 aromatic rings. The van der Waals surface area contributed by atoms with Gasteiger partial charge in [0, 0.05) is 18.9 Å². The highest BCUT2D eigenvalue weighted by Crippen LogP contribution is 2.25. The van der Waals surface area contributed by atoms with E-state index in [0.717, 1.165) is 16.6 Å². The van der Waals surface area contributed by atoms with Crippen LogP contribution >= 0.6 is 0 Å². The number of likely N-dealkylation sites (N-methyl/N-ethyl adjacent to an activating group) is 1. The number of hydrogen-bond donors (Lipinski definition) is 1. The third kappa shape index (κ3) is 2.74. The van der Waals surface area contributed by atoms with E-state index < -0.39 is 0 Å². The van der Waals surface area contributed by atoms with E-state index in [1.165, 1.54) is 0 Å². The lowest BCUT2D eigenvalue weighted by Crippen LogP contribution is -2.26. The number of nitrogens with zero attached hydrogens (tertiary/aromatic N) is 5. The Morgan fingerprint density at radius 3 is 2.86 bits per heavy atom. The fourth-order valence-corrected chi connectivity index (χ4v) is 2.14. The third-order valence-corrected chi connectivity index (χ3v) is 3.06. The Balaban J connectivity index is 1.99. The van der Waals surface area contributed by atoms with Gasteiger partial charge >= 0.3 is 0 Å². The van der Waals surface area contributed by atoms with Crippen molar-refractivity contribution in [2.75, 3.05) is 20.6 Å². The quantitative estimate of drug-likeness (QED) is 0.770. The van der Waals surface area contributed by atoms with Crippen molar-refractivity contribution in [3.63, 3.8) is 0 Å². The van der Waals surface area contributed by atoms with Gasteiger partial charge < -0.3 is 15.2 Å². The molecule has 2 aromatic heterocycles. The molecule has 0 saturated carbocycles. The average Bonchev–Trinajstić information content (AvgIpc) is 2.95. The smallest absolute Gasteiger partial charge is 0.260 e. The Bertz CT molecular complexity index is 749. The first-order chi connectivity index (χ1) is 10.1. The maximum absolute atomic E-state index is 6.05. The maximum Gasteiger partial charge on any atom is 0.260 e. The molecular formula is C14H16N6O. The molecule has 3 rings (SSSR count). The van der Waals surface area contributed by atoms with Crippen LogP contribution in [0.4, 0.5) is 0 Å². The van der Waals surface area contributed by atoms with Crippen LogP contribution in [0.1, 0.15) is 11.9 Å². The van der Waals surface area contributed by atoms with Gasteiger partial charge in [0.15, 0.2) is 5.82 Å². The van der Waals surface area contributed by atoms with Gasteiger partial charge in [-0.2, -0.15) is 4.98 Å². The van der Waals surface area contributed by atoms with Gasteiger partial charge in [0.2, 0.25) is 0 Å². The summed E-state index contributed by atoms with van der Waals surface area (Å²) in [6, 6.07) is 5.36. The summed E-state index contributed by atoms with van der Waals surface area (Å²) in [4.78, 5) is 15.0. The number of aromatic nitrogens is 4. The number of fused-ring (bicyclic) bond motifs is 1. The fraction of sp³-hybridized carbons (Fsp3) is 0.286. The molecule has 0 spiro atoms. The second kappa shape index (κ2) is 5.55. The lowest BCUT2D eigenvalue weighted by Gasteiger charge is -2.12. The van der Waals surface area contributed by atoms with E-state index in [1.807, 2.05) is 37.2 Å². The molecule has 1 atom stereocenters. The predicted molar refractivity (Wildman–Crippen MR) is 78.3 cm³/mol. The van der Waals surface area contributed by atoms with Crippen molar-refractivity contribution in [2.45, 2.75) is 6.04 Å². The maximum atomic E-state index is 6.05. The van der Waals surface area contributed by atoms with Crippen LogP contribution in [-0.2, 0) is 0 Å². The number of nitrogens with two attached hydrogens (primary N) is 1. The highest BCUT2D eigenvalue weighted by molar-refractivity contribution is 5.88. The van der Waals surface area contributed by atoms with E-state index in [1.54, 1.807) is 12.4 Å². The molecule has 108 valence electrons. The molecule has 0 amide bonds.